The van der Waals surface area contributed by atoms with Crippen LogP contribution in [0, 0.1) is 5.41 Å². The van der Waals surface area contributed by atoms with E-state index in [0.29, 0.717) is 24.3 Å². The summed E-state index contributed by atoms with van der Waals surface area (Å²) in [5.41, 5.74) is 6.72. The predicted octanol–water partition coefficient (Wildman–Crippen LogP) is 2.82. The van der Waals surface area contributed by atoms with Crippen LogP contribution in [0.5, 0.6) is 5.75 Å². The summed E-state index contributed by atoms with van der Waals surface area (Å²) in [6.07, 6.45) is 4.33. The maximum atomic E-state index is 12.1. The Hall–Kier alpha value is -1.42. The van der Waals surface area contributed by atoms with Crippen molar-refractivity contribution in [3.63, 3.8) is 0 Å². The maximum absolute atomic E-state index is 12.1. The third-order valence-electron chi connectivity index (χ3n) is 2.67. The van der Waals surface area contributed by atoms with Crippen molar-refractivity contribution in [2.24, 2.45) is 11.1 Å². The molecule has 1 atom stereocenters. The van der Waals surface area contributed by atoms with Crippen LogP contribution >= 0.6 is 0 Å². The van der Waals surface area contributed by atoms with Crippen LogP contribution in [0.2, 0.25) is 0 Å². The zero-order valence-electron chi connectivity index (χ0n) is 12.3. The molecule has 0 bridgehead atoms. The zero-order valence-corrected chi connectivity index (χ0v) is 12.3. The summed E-state index contributed by atoms with van der Waals surface area (Å²) in [5, 5.41) is 0. The second kappa shape index (κ2) is 6.66. The number of aromatic nitrogens is 1. The second-order valence-electron chi connectivity index (χ2n) is 5.99. The fourth-order valence-corrected chi connectivity index (χ4v) is 2.03. The molecular weight excluding hydrogens is 240 g/mol. The Bertz CT molecular complexity index is 424. The predicted molar refractivity (Wildman–Crippen MR) is 76.4 cm³/mol. The first-order valence-corrected chi connectivity index (χ1v) is 6.68. The third-order valence-corrected chi connectivity index (χ3v) is 2.67. The standard InChI is InChI=1S/C15H24N2O2/c1-5-19-13-6-11(9-17-10-13)14(18)7-12(16)8-15(2,3)4/h6,9-10,12H,5,7-8,16H2,1-4H3. The van der Waals surface area contributed by atoms with Gasteiger partial charge in [0, 0.05) is 24.2 Å². The molecular formula is C15H24N2O2. The average Bonchev–Trinajstić information content (AvgIpc) is 2.27. The summed E-state index contributed by atoms with van der Waals surface area (Å²) in [7, 11) is 0. The summed E-state index contributed by atoms with van der Waals surface area (Å²) in [6, 6.07) is 1.60. The van der Waals surface area contributed by atoms with Crippen molar-refractivity contribution in [3.8, 4) is 5.75 Å². The van der Waals surface area contributed by atoms with E-state index in [4.69, 9.17) is 10.5 Å². The molecule has 0 saturated heterocycles. The van der Waals surface area contributed by atoms with E-state index in [1.807, 2.05) is 6.92 Å². The number of ketones is 1. The lowest BCUT2D eigenvalue weighted by Crippen LogP contribution is -2.29. The smallest absolute Gasteiger partial charge is 0.166 e. The van der Waals surface area contributed by atoms with E-state index >= 15 is 0 Å². The van der Waals surface area contributed by atoms with Gasteiger partial charge in [0.05, 0.1) is 12.8 Å². The first-order valence-electron chi connectivity index (χ1n) is 6.68. The van der Waals surface area contributed by atoms with E-state index in [1.54, 1.807) is 18.5 Å². The van der Waals surface area contributed by atoms with Crippen molar-refractivity contribution >= 4 is 5.78 Å². The molecule has 0 amide bonds. The van der Waals surface area contributed by atoms with E-state index in [2.05, 4.69) is 25.8 Å². The van der Waals surface area contributed by atoms with Crippen LogP contribution in [0.4, 0.5) is 0 Å². The normalized spacial score (nSPS) is 13.1. The van der Waals surface area contributed by atoms with Crippen LogP contribution in [0.25, 0.3) is 0 Å². The maximum Gasteiger partial charge on any atom is 0.166 e. The Kier molecular flexibility index (Phi) is 5.48. The van der Waals surface area contributed by atoms with Crippen molar-refractivity contribution < 1.29 is 9.53 Å². The average molecular weight is 264 g/mol. The van der Waals surface area contributed by atoms with E-state index in [1.165, 1.54) is 0 Å². The van der Waals surface area contributed by atoms with Crippen molar-refractivity contribution in [1.29, 1.82) is 0 Å². The summed E-state index contributed by atoms with van der Waals surface area (Å²) < 4.78 is 5.34. The summed E-state index contributed by atoms with van der Waals surface area (Å²) in [6.45, 7) is 8.81. The molecule has 1 aromatic heterocycles. The van der Waals surface area contributed by atoms with Crippen LogP contribution in [0.1, 0.15) is 50.9 Å². The van der Waals surface area contributed by atoms with Gasteiger partial charge in [0.15, 0.2) is 5.78 Å². The van der Waals surface area contributed by atoms with Crippen LogP contribution in [0.15, 0.2) is 18.5 Å². The molecule has 106 valence electrons. The molecule has 19 heavy (non-hydrogen) atoms. The number of nitrogens with two attached hydrogens (primary N) is 1. The largest absolute Gasteiger partial charge is 0.492 e. The molecule has 1 aromatic rings. The van der Waals surface area contributed by atoms with Crippen molar-refractivity contribution in [2.75, 3.05) is 6.61 Å². The molecule has 0 saturated carbocycles. The van der Waals surface area contributed by atoms with Gasteiger partial charge in [-0.3, -0.25) is 9.78 Å². The lowest BCUT2D eigenvalue weighted by Gasteiger charge is -2.22. The molecule has 1 unspecified atom stereocenters. The Morgan fingerprint density at radius 3 is 2.68 bits per heavy atom. The number of Topliss-reactive ketones (excluding diaryl/α,β-unsaturated/α-hetero) is 1. The highest BCUT2D eigenvalue weighted by Gasteiger charge is 2.19. The zero-order chi connectivity index (χ0) is 14.5. The van der Waals surface area contributed by atoms with Gasteiger partial charge in [-0.1, -0.05) is 20.8 Å². The minimum absolute atomic E-state index is 0.0193. The first-order chi connectivity index (χ1) is 8.81. The molecule has 0 fully saturated rings. The van der Waals surface area contributed by atoms with Gasteiger partial charge in [-0.25, -0.2) is 0 Å². The lowest BCUT2D eigenvalue weighted by atomic mass is 9.86. The fraction of sp³-hybridized carbons (Fsp3) is 0.600. The Morgan fingerprint density at radius 1 is 1.42 bits per heavy atom. The SMILES string of the molecule is CCOc1cncc(C(=O)CC(N)CC(C)(C)C)c1. The van der Waals surface area contributed by atoms with E-state index in [0.717, 1.165) is 6.42 Å². The van der Waals surface area contributed by atoms with Crippen molar-refractivity contribution in [3.05, 3.63) is 24.0 Å². The van der Waals surface area contributed by atoms with E-state index < -0.39 is 0 Å². The number of ether oxygens (including phenoxy) is 1. The Labute approximate surface area is 115 Å². The molecule has 1 heterocycles. The van der Waals surface area contributed by atoms with Crippen molar-refractivity contribution in [1.82, 2.24) is 4.98 Å². The molecule has 0 aliphatic heterocycles. The molecule has 0 aliphatic carbocycles. The highest BCUT2D eigenvalue weighted by atomic mass is 16.5. The molecule has 2 N–H and O–H groups in total. The fourth-order valence-electron chi connectivity index (χ4n) is 2.03. The summed E-state index contributed by atoms with van der Waals surface area (Å²) in [4.78, 5) is 16.1. The molecule has 4 heteroatoms. The minimum atomic E-state index is -0.122. The van der Waals surface area contributed by atoms with Gasteiger partial charge in [0.25, 0.3) is 0 Å². The highest BCUT2D eigenvalue weighted by Crippen LogP contribution is 2.22. The molecule has 4 nitrogen and oxygen atoms in total. The van der Waals surface area contributed by atoms with Gasteiger partial charge in [-0.05, 0) is 24.8 Å². The van der Waals surface area contributed by atoms with Gasteiger partial charge in [0.2, 0.25) is 0 Å². The van der Waals surface area contributed by atoms with Crippen LogP contribution in [0.3, 0.4) is 0 Å². The number of carbonyl (C=O) groups excluding carboxylic acids is 1. The van der Waals surface area contributed by atoms with Crippen LogP contribution in [-0.2, 0) is 0 Å². The van der Waals surface area contributed by atoms with Gasteiger partial charge < -0.3 is 10.5 Å². The van der Waals surface area contributed by atoms with Gasteiger partial charge in [-0.2, -0.15) is 0 Å². The van der Waals surface area contributed by atoms with Crippen LogP contribution in [-0.4, -0.2) is 23.4 Å². The molecule has 0 spiro atoms. The summed E-state index contributed by atoms with van der Waals surface area (Å²) >= 11 is 0. The number of hydrogen-bond donors (Lipinski definition) is 1. The summed E-state index contributed by atoms with van der Waals surface area (Å²) in [5.74, 6) is 0.642. The Balaban J connectivity index is 2.65. The molecule has 0 radical (unpaired) electrons. The molecule has 0 aromatic carbocycles. The molecule has 1 rings (SSSR count). The quantitative estimate of drug-likeness (QED) is 0.802. The van der Waals surface area contributed by atoms with Gasteiger partial charge >= 0.3 is 0 Å². The van der Waals surface area contributed by atoms with E-state index in [-0.39, 0.29) is 17.2 Å². The third kappa shape index (κ3) is 5.83. The topological polar surface area (TPSA) is 65.2 Å². The van der Waals surface area contributed by atoms with E-state index in [9.17, 15) is 4.79 Å². The molecule has 0 aliphatic rings. The number of pyridine rings is 1. The monoisotopic (exact) mass is 264 g/mol. The first kappa shape index (κ1) is 15.6. The number of hydrogen-bond acceptors (Lipinski definition) is 4. The lowest BCUT2D eigenvalue weighted by molar-refractivity contribution is 0.0967. The number of carbonyl (C=O) groups is 1. The number of rotatable bonds is 6. The Morgan fingerprint density at radius 2 is 2.11 bits per heavy atom. The highest BCUT2D eigenvalue weighted by molar-refractivity contribution is 5.96. The van der Waals surface area contributed by atoms with Crippen molar-refractivity contribution in [2.45, 2.75) is 46.6 Å². The minimum Gasteiger partial charge on any atom is -0.492 e. The second-order valence-corrected chi connectivity index (χ2v) is 5.99. The van der Waals surface area contributed by atoms with Gasteiger partial charge in [-0.15, -0.1) is 0 Å². The van der Waals surface area contributed by atoms with Crippen LogP contribution < -0.4 is 10.5 Å². The van der Waals surface area contributed by atoms with Gasteiger partial charge in [0.1, 0.15) is 5.75 Å². The number of nitrogens with zero attached hydrogens (tertiary/aromatic N) is 1.